The lowest BCUT2D eigenvalue weighted by Gasteiger charge is -2.05. The van der Waals surface area contributed by atoms with Crippen molar-refractivity contribution in [2.24, 2.45) is 0 Å². The van der Waals surface area contributed by atoms with Crippen LogP contribution in [-0.4, -0.2) is 31.8 Å². The van der Waals surface area contributed by atoms with E-state index in [2.05, 4.69) is 9.97 Å². The van der Waals surface area contributed by atoms with E-state index in [1.165, 1.54) is 7.11 Å². The van der Waals surface area contributed by atoms with Gasteiger partial charge in [-0.25, -0.2) is 13.4 Å². The van der Waals surface area contributed by atoms with Crippen molar-refractivity contribution in [3.63, 3.8) is 0 Å². The summed E-state index contributed by atoms with van der Waals surface area (Å²) < 4.78 is 27.8. The van der Waals surface area contributed by atoms with Gasteiger partial charge in [0.2, 0.25) is 15.7 Å². The Kier molecular flexibility index (Phi) is 2.51. The van der Waals surface area contributed by atoms with Crippen LogP contribution in [0.2, 0.25) is 0 Å². The van der Waals surface area contributed by atoms with Gasteiger partial charge in [-0.3, -0.25) is 0 Å². The van der Waals surface area contributed by atoms with Gasteiger partial charge in [0.15, 0.2) is 0 Å². The highest BCUT2D eigenvalue weighted by Gasteiger charge is 2.15. The Balaban J connectivity index is 2.83. The van der Waals surface area contributed by atoms with E-state index >= 15 is 0 Å². The first-order chi connectivity index (χ1) is 7.52. The van der Waals surface area contributed by atoms with Crippen LogP contribution in [-0.2, 0) is 9.84 Å². The van der Waals surface area contributed by atoms with Gasteiger partial charge in [0.05, 0.1) is 18.0 Å². The van der Waals surface area contributed by atoms with E-state index in [4.69, 9.17) is 4.74 Å². The standard InChI is InChI=1S/C10H10N2O3S/c1-15-9-7-5-3-4-6-8(7)11-10(12-9)16(2,13)14/h3-6H,1-2H3. The molecule has 0 aliphatic heterocycles. The average Bonchev–Trinajstić information content (AvgIpc) is 2.26. The molecule has 0 atom stereocenters. The summed E-state index contributed by atoms with van der Waals surface area (Å²) in [4.78, 5) is 7.85. The van der Waals surface area contributed by atoms with Gasteiger partial charge in [-0.2, -0.15) is 4.98 Å². The molecule has 2 rings (SSSR count). The van der Waals surface area contributed by atoms with Gasteiger partial charge in [0, 0.05) is 6.26 Å². The summed E-state index contributed by atoms with van der Waals surface area (Å²) in [5, 5.41) is 0.473. The molecule has 0 radical (unpaired) electrons. The van der Waals surface area contributed by atoms with E-state index in [0.29, 0.717) is 10.9 Å². The van der Waals surface area contributed by atoms with Crippen molar-refractivity contribution < 1.29 is 13.2 Å². The van der Waals surface area contributed by atoms with Gasteiger partial charge in [-0.1, -0.05) is 12.1 Å². The number of ether oxygens (including phenoxy) is 1. The fourth-order valence-electron chi connectivity index (χ4n) is 1.35. The van der Waals surface area contributed by atoms with E-state index in [1.54, 1.807) is 18.2 Å². The fraction of sp³-hybridized carbons (Fsp3) is 0.200. The molecule has 1 heterocycles. The Bertz CT molecular complexity index is 638. The Hall–Kier alpha value is -1.69. The highest BCUT2D eigenvalue weighted by molar-refractivity contribution is 7.90. The predicted octanol–water partition coefficient (Wildman–Crippen LogP) is 1.04. The topological polar surface area (TPSA) is 69.2 Å². The first-order valence-corrected chi connectivity index (χ1v) is 6.42. The van der Waals surface area contributed by atoms with Crippen molar-refractivity contribution in [2.75, 3.05) is 13.4 Å². The second kappa shape index (κ2) is 3.71. The lowest BCUT2D eigenvalue weighted by Crippen LogP contribution is -2.05. The van der Waals surface area contributed by atoms with E-state index < -0.39 is 9.84 Å². The molecule has 6 heteroatoms. The van der Waals surface area contributed by atoms with E-state index in [0.717, 1.165) is 6.26 Å². The molecule has 16 heavy (non-hydrogen) atoms. The lowest BCUT2D eigenvalue weighted by molar-refractivity contribution is 0.397. The number of hydrogen-bond donors (Lipinski definition) is 0. The van der Waals surface area contributed by atoms with Crippen LogP contribution < -0.4 is 4.74 Å². The summed E-state index contributed by atoms with van der Waals surface area (Å²) in [5.74, 6) is 0.269. The Morgan fingerprint density at radius 1 is 1.19 bits per heavy atom. The highest BCUT2D eigenvalue weighted by atomic mass is 32.2. The Labute approximate surface area is 93.0 Å². The largest absolute Gasteiger partial charge is 0.480 e. The van der Waals surface area contributed by atoms with Gasteiger partial charge in [0.25, 0.3) is 5.16 Å². The molecule has 5 nitrogen and oxygen atoms in total. The molecule has 0 saturated heterocycles. The van der Waals surface area contributed by atoms with E-state index in [1.807, 2.05) is 6.07 Å². The monoisotopic (exact) mass is 238 g/mol. The molecule has 0 unspecified atom stereocenters. The molecule has 0 amide bonds. The molecule has 0 aliphatic carbocycles. The molecule has 0 N–H and O–H groups in total. The first kappa shape index (κ1) is 10.8. The molecule has 1 aromatic heterocycles. The number of para-hydroxylation sites is 1. The third-order valence-corrected chi connectivity index (χ3v) is 2.92. The van der Waals surface area contributed by atoms with Crippen molar-refractivity contribution in [1.29, 1.82) is 0 Å². The zero-order chi connectivity index (χ0) is 11.8. The summed E-state index contributed by atoms with van der Waals surface area (Å²) in [6.07, 6.45) is 1.07. The molecule has 2 aromatic rings. The number of methoxy groups -OCH3 is 1. The summed E-state index contributed by atoms with van der Waals surface area (Å²) in [5.41, 5.74) is 0.551. The number of aromatic nitrogens is 2. The van der Waals surface area contributed by atoms with Gasteiger partial charge < -0.3 is 4.74 Å². The molecule has 0 spiro atoms. The lowest BCUT2D eigenvalue weighted by atomic mass is 10.2. The van der Waals surface area contributed by atoms with Crippen LogP contribution in [0.5, 0.6) is 5.88 Å². The molecule has 0 fully saturated rings. The zero-order valence-corrected chi connectivity index (χ0v) is 9.65. The molecular formula is C10H10N2O3S. The molecule has 0 aliphatic rings. The maximum atomic E-state index is 11.4. The van der Waals surface area contributed by atoms with Crippen LogP contribution in [0, 0.1) is 0 Å². The van der Waals surface area contributed by atoms with Gasteiger partial charge >= 0.3 is 0 Å². The molecule has 0 bridgehead atoms. The van der Waals surface area contributed by atoms with E-state index in [-0.39, 0.29) is 11.0 Å². The smallest absolute Gasteiger partial charge is 0.250 e. The van der Waals surface area contributed by atoms with Crippen LogP contribution in [0.1, 0.15) is 0 Å². The second-order valence-electron chi connectivity index (χ2n) is 3.30. The molecule has 1 aromatic carbocycles. The minimum absolute atomic E-state index is 0.219. The van der Waals surface area contributed by atoms with Crippen LogP contribution >= 0.6 is 0 Å². The summed E-state index contributed by atoms with van der Waals surface area (Å²) in [7, 11) is -1.98. The molecule has 84 valence electrons. The number of rotatable bonds is 2. The van der Waals surface area contributed by atoms with Crippen molar-refractivity contribution in [1.82, 2.24) is 9.97 Å². The number of fused-ring (bicyclic) bond motifs is 1. The quantitative estimate of drug-likeness (QED) is 0.731. The number of hydrogen-bond acceptors (Lipinski definition) is 5. The molecule has 0 saturated carbocycles. The first-order valence-electron chi connectivity index (χ1n) is 4.53. The Morgan fingerprint density at radius 3 is 2.50 bits per heavy atom. The third-order valence-electron chi connectivity index (χ3n) is 2.07. The predicted molar refractivity (Wildman–Crippen MR) is 59.2 cm³/mol. The third kappa shape index (κ3) is 1.83. The summed E-state index contributed by atoms with van der Waals surface area (Å²) in [6, 6.07) is 7.09. The van der Waals surface area contributed by atoms with Crippen molar-refractivity contribution in [3.05, 3.63) is 24.3 Å². The number of benzene rings is 1. The van der Waals surface area contributed by atoms with Crippen LogP contribution in [0.4, 0.5) is 0 Å². The van der Waals surface area contributed by atoms with Crippen molar-refractivity contribution in [2.45, 2.75) is 5.16 Å². The summed E-state index contributed by atoms with van der Waals surface area (Å²) >= 11 is 0. The van der Waals surface area contributed by atoms with Gasteiger partial charge in [-0.15, -0.1) is 0 Å². The Morgan fingerprint density at radius 2 is 1.88 bits per heavy atom. The molecular weight excluding hydrogens is 228 g/mol. The average molecular weight is 238 g/mol. The fourth-order valence-corrected chi connectivity index (χ4v) is 1.86. The van der Waals surface area contributed by atoms with Crippen LogP contribution in [0.25, 0.3) is 10.9 Å². The van der Waals surface area contributed by atoms with Crippen molar-refractivity contribution in [3.8, 4) is 5.88 Å². The summed E-state index contributed by atoms with van der Waals surface area (Å²) in [6.45, 7) is 0. The van der Waals surface area contributed by atoms with Gasteiger partial charge in [-0.05, 0) is 12.1 Å². The minimum Gasteiger partial charge on any atom is -0.480 e. The van der Waals surface area contributed by atoms with Gasteiger partial charge in [0.1, 0.15) is 0 Å². The number of nitrogens with zero attached hydrogens (tertiary/aromatic N) is 2. The van der Waals surface area contributed by atoms with E-state index in [9.17, 15) is 8.42 Å². The van der Waals surface area contributed by atoms with Crippen LogP contribution in [0.15, 0.2) is 29.4 Å². The highest BCUT2D eigenvalue weighted by Crippen LogP contribution is 2.22. The van der Waals surface area contributed by atoms with Crippen LogP contribution in [0.3, 0.4) is 0 Å². The maximum Gasteiger partial charge on any atom is 0.250 e. The second-order valence-corrected chi connectivity index (χ2v) is 5.21. The van der Waals surface area contributed by atoms with Crippen molar-refractivity contribution >= 4 is 20.7 Å². The SMILES string of the molecule is COc1nc(S(C)(=O)=O)nc2ccccc12. The minimum atomic E-state index is -3.43. The zero-order valence-electron chi connectivity index (χ0n) is 8.84. The maximum absolute atomic E-state index is 11.4. The normalized spacial score (nSPS) is 11.6. The number of sulfone groups is 1.